The molecule has 2 heteroatoms. The highest BCUT2D eigenvalue weighted by Gasteiger charge is 2.36. The maximum atomic E-state index is 10.8. The van der Waals surface area contributed by atoms with Crippen LogP contribution in [0.3, 0.4) is 0 Å². The van der Waals surface area contributed by atoms with Crippen LogP contribution in [0.1, 0.15) is 43.7 Å². The summed E-state index contributed by atoms with van der Waals surface area (Å²) in [6.07, 6.45) is 5.00. The second-order valence-corrected chi connectivity index (χ2v) is 5.71. The molecule has 100 valence electrons. The van der Waals surface area contributed by atoms with Gasteiger partial charge in [0.1, 0.15) is 0 Å². The van der Waals surface area contributed by atoms with E-state index >= 15 is 0 Å². The quantitative estimate of drug-likeness (QED) is 0.862. The van der Waals surface area contributed by atoms with Crippen LogP contribution in [-0.4, -0.2) is 10.7 Å². The maximum Gasteiger partial charge on any atom is 0.0839 e. The molecule has 0 amide bonds. The van der Waals surface area contributed by atoms with E-state index < -0.39 is 5.60 Å². The molecule has 0 aliphatic heterocycles. The lowest BCUT2D eigenvalue weighted by molar-refractivity contribution is -0.0199. The molecule has 2 nitrogen and oxygen atoms in total. The fraction of sp³-hybridized carbons (Fsp3) is 0.412. The van der Waals surface area contributed by atoms with Gasteiger partial charge in [-0.05, 0) is 29.2 Å². The van der Waals surface area contributed by atoms with E-state index in [9.17, 15) is 5.11 Å². The van der Waals surface area contributed by atoms with Gasteiger partial charge >= 0.3 is 0 Å². The minimum Gasteiger partial charge on any atom is -0.388 e. The topological polar surface area (TPSA) is 46.2 Å². The van der Waals surface area contributed by atoms with Crippen molar-refractivity contribution in [2.75, 3.05) is 0 Å². The van der Waals surface area contributed by atoms with Crippen molar-refractivity contribution in [1.29, 1.82) is 0 Å². The van der Waals surface area contributed by atoms with Crippen LogP contribution in [0, 0.1) is 0 Å². The summed E-state index contributed by atoms with van der Waals surface area (Å²) in [5.74, 6) is 0. The molecule has 3 N–H and O–H groups in total. The second kappa shape index (κ2) is 4.95. The van der Waals surface area contributed by atoms with E-state index in [2.05, 4.69) is 24.3 Å². The third kappa shape index (κ3) is 2.26. The highest BCUT2D eigenvalue weighted by Crippen LogP contribution is 2.38. The molecule has 1 saturated carbocycles. The number of hydrogen-bond donors (Lipinski definition) is 2. The Morgan fingerprint density at radius 2 is 1.63 bits per heavy atom. The van der Waals surface area contributed by atoms with Crippen molar-refractivity contribution >= 4 is 10.8 Å². The Hall–Kier alpha value is -1.38. The first kappa shape index (κ1) is 12.6. The minimum atomic E-state index is -0.734. The first-order valence-electron chi connectivity index (χ1n) is 7.16. The molecular weight excluding hydrogens is 234 g/mol. The SMILES string of the molecule is NC(c1cccc2ccccc12)C1(O)CCCCC1. The maximum absolute atomic E-state index is 10.8. The van der Waals surface area contributed by atoms with Gasteiger partial charge in [0.2, 0.25) is 0 Å². The number of rotatable bonds is 2. The zero-order valence-electron chi connectivity index (χ0n) is 11.2. The van der Waals surface area contributed by atoms with Crippen LogP contribution in [-0.2, 0) is 0 Å². The molecule has 19 heavy (non-hydrogen) atoms. The highest BCUT2D eigenvalue weighted by molar-refractivity contribution is 5.86. The van der Waals surface area contributed by atoms with E-state index in [1.54, 1.807) is 0 Å². The first-order valence-corrected chi connectivity index (χ1v) is 7.16. The van der Waals surface area contributed by atoms with Crippen molar-refractivity contribution < 1.29 is 5.11 Å². The standard InChI is InChI=1S/C17H21NO/c18-16(17(19)11-4-1-5-12-17)15-10-6-8-13-7-2-3-9-14(13)15/h2-3,6-10,16,19H,1,4-5,11-12,18H2. The van der Waals surface area contributed by atoms with Gasteiger partial charge < -0.3 is 10.8 Å². The van der Waals surface area contributed by atoms with Crippen molar-refractivity contribution in [1.82, 2.24) is 0 Å². The molecule has 1 fully saturated rings. The van der Waals surface area contributed by atoms with Crippen molar-refractivity contribution in [3.63, 3.8) is 0 Å². The summed E-state index contributed by atoms with van der Waals surface area (Å²) in [6, 6.07) is 14.1. The first-order chi connectivity index (χ1) is 9.21. The van der Waals surface area contributed by atoms with Gasteiger partial charge in [0.25, 0.3) is 0 Å². The van der Waals surface area contributed by atoms with E-state index in [1.165, 1.54) is 11.8 Å². The lowest BCUT2D eigenvalue weighted by atomic mass is 9.76. The smallest absolute Gasteiger partial charge is 0.0839 e. The Kier molecular flexibility index (Phi) is 3.29. The van der Waals surface area contributed by atoms with E-state index in [-0.39, 0.29) is 6.04 Å². The lowest BCUT2D eigenvalue weighted by Crippen LogP contribution is -2.42. The summed E-state index contributed by atoms with van der Waals surface area (Å²) < 4.78 is 0. The normalized spacial score (nSPS) is 20.3. The molecule has 0 heterocycles. The van der Waals surface area contributed by atoms with Crippen molar-refractivity contribution in [3.05, 3.63) is 48.0 Å². The zero-order chi connectivity index (χ0) is 13.3. The van der Waals surface area contributed by atoms with Crippen LogP contribution >= 0.6 is 0 Å². The molecule has 1 aliphatic carbocycles. The third-order valence-electron chi connectivity index (χ3n) is 4.46. The van der Waals surface area contributed by atoms with Gasteiger partial charge in [0.05, 0.1) is 11.6 Å². The van der Waals surface area contributed by atoms with Gasteiger partial charge in [-0.2, -0.15) is 0 Å². The van der Waals surface area contributed by atoms with E-state index in [4.69, 9.17) is 5.73 Å². The fourth-order valence-corrected chi connectivity index (χ4v) is 3.29. The summed E-state index contributed by atoms with van der Waals surface area (Å²) in [4.78, 5) is 0. The van der Waals surface area contributed by atoms with Crippen LogP contribution in [0.5, 0.6) is 0 Å². The largest absolute Gasteiger partial charge is 0.388 e. The summed E-state index contributed by atoms with van der Waals surface area (Å²) in [7, 11) is 0. The summed E-state index contributed by atoms with van der Waals surface area (Å²) in [5, 5.41) is 13.2. The van der Waals surface area contributed by atoms with Gasteiger partial charge in [0.15, 0.2) is 0 Å². The van der Waals surface area contributed by atoms with Gasteiger partial charge in [-0.1, -0.05) is 61.7 Å². The van der Waals surface area contributed by atoms with Crippen molar-refractivity contribution in [3.8, 4) is 0 Å². The summed E-state index contributed by atoms with van der Waals surface area (Å²) >= 11 is 0. The molecule has 3 rings (SSSR count). The van der Waals surface area contributed by atoms with E-state index in [0.717, 1.165) is 36.6 Å². The molecule has 0 spiro atoms. The Balaban J connectivity index is 2.03. The monoisotopic (exact) mass is 255 g/mol. The average molecular weight is 255 g/mol. The number of nitrogens with two attached hydrogens (primary N) is 1. The molecule has 0 aromatic heterocycles. The van der Waals surface area contributed by atoms with E-state index in [0.29, 0.717) is 0 Å². The number of aliphatic hydroxyl groups is 1. The molecule has 1 atom stereocenters. The summed E-state index contributed by atoms with van der Waals surface area (Å²) in [5.41, 5.74) is 6.76. The third-order valence-corrected chi connectivity index (χ3v) is 4.46. The van der Waals surface area contributed by atoms with Crippen molar-refractivity contribution in [2.24, 2.45) is 5.73 Å². The molecule has 1 unspecified atom stereocenters. The molecule has 1 aliphatic rings. The second-order valence-electron chi connectivity index (χ2n) is 5.71. The van der Waals surface area contributed by atoms with Gasteiger partial charge in [0, 0.05) is 0 Å². The predicted molar refractivity (Wildman–Crippen MR) is 78.9 cm³/mol. The van der Waals surface area contributed by atoms with Crippen LogP contribution in [0.15, 0.2) is 42.5 Å². The Labute approximate surface area is 114 Å². The molecule has 2 aromatic carbocycles. The lowest BCUT2D eigenvalue weighted by Gasteiger charge is -2.37. The van der Waals surface area contributed by atoms with Gasteiger partial charge in [-0.25, -0.2) is 0 Å². The fourth-order valence-electron chi connectivity index (χ4n) is 3.29. The molecule has 2 aromatic rings. The van der Waals surface area contributed by atoms with Gasteiger partial charge in [-0.15, -0.1) is 0 Å². The van der Waals surface area contributed by atoms with Crippen LogP contribution in [0.25, 0.3) is 10.8 Å². The van der Waals surface area contributed by atoms with Gasteiger partial charge in [-0.3, -0.25) is 0 Å². The van der Waals surface area contributed by atoms with Crippen molar-refractivity contribution in [2.45, 2.75) is 43.7 Å². The number of hydrogen-bond acceptors (Lipinski definition) is 2. The number of fused-ring (bicyclic) bond motifs is 1. The molecular formula is C17H21NO. The highest BCUT2D eigenvalue weighted by atomic mass is 16.3. The number of benzene rings is 2. The zero-order valence-corrected chi connectivity index (χ0v) is 11.2. The van der Waals surface area contributed by atoms with Crippen LogP contribution in [0.4, 0.5) is 0 Å². The Morgan fingerprint density at radius 3 is 2.42 bits per heavy atom. The minimum absolute atomic E-state index is 0.293. The van der Waals surface area contributed by atoms with Crippen LogP contribution < -0.4 is 5.73 Å². The summed E-state index contributed by atoms with van der Waals surface area (Å²) in [6.45, 7) is 0. The van der Waals surface area contributed by atoms with E-state index in [1.807, 2.05) is 18.2 Å². The average Bonchev–Trinajstić information content (AvgIpc) is 2.47. The van der Waals surface area contributed by atoms with Crippen LogP contribution in [0.2, 0.25) is 0 Å². The molecule has 0 bridgehead atoms. The molecule has 0 saturated heterocycles. The molecule has 0 radical (unpaired) electrons. The predicted octanol–water partition coefficient (Wildman–Crippen LogP) is 3.53. The Bertz CT molecular complexity index is 567. The Morgan fingerprint density at radius 1 is 0.947 bits per heavy atom.